The van der Waals surface area contributed by atoms with Crippen LogP contribution in [0.1, 0.15) is 26.3 Å². The molecule has 25 heavy (non-hydrogen) atoms. The zero-order chi connectivity index (χ0) is 18.3. The molecule has 0 radical (unpaired) electrons. The van der Waals surface area contributed by atoms with Crippen LogP contribution >= 0.6 is 0 Å². The molecule has 0 aliphatic carbocycles. The van der Waals surface area contributed by atoms with Crippen LogP contribution in [-0.2, 0) is 6.42 Å². The van der Waals surface area contributed by atoms with Crippen LogP contribution in [0.25, 0.3) is 0 Å². The van der Waals surface area contributed by atoms with E-state index in [1.54, 1.807) is 19.2 Å². The molecule has 0 atom stereocenters. The standard InChI is InChI=1S/C20H24N2O3/c1-20(2,3)22-18(14-15-10-12-16(24-4)13-11-15)21-19(23)25-17-8-6-5-7-9-17/h5-13H,14H2,1-4H3,(H,21,22,23). The molecule has 0 saturated carbocycles. The fourth-order valence-corrected chi connectivity index (χ4v) is 2.19. The van der Waals surface area contributed by atoms with Crippen molar-refractivity contribution >= 4 is 11.9 Å². The van der Waals surface area contributed by atoms with Crippen LogP contribution in [0, 0.1) is 0 Å². The minimum absolute atomic E-state index is 0.318. The summed E-state index contributed by atoms with van der Waals surface area (Å²) < 4.78 is 10.4. The van der Waals surface area contributed by atoms with Gasteiger partial charge in [-0.05, 0) is 50.6 Å². The molecular formula is C20H24N2O3. The van der Waals surface area contributed by atoms with Gasteiger partial charge in [-0.25, -0.2) is 4.79 Å². The number of amides is 1. The van der Waals surface area contributed by atoms with Gasteiger partial charge in [-0.3, -0.25) is 10.3 Å². The molecule has 0 unspecified atom stereocenters. The third-order valence-electron chi connectivity index (χ3n) is 3.20. The lowest BCUT2D eigenvalue weighted by Crippen LogP contribution is -2.36. The Bertz CT molecular complexity index is 717. The Morgan fingerprint density at radius 2 is 1.64 bits per heavy atom. The van der Waals surface area contributed by atoms with E-state index in [2.05, 4.69) is 10.3 Å². The number of methoxy groups -OCH3 is 1. The number of ether oxygens (including phenoxy) is 2. The zero-order valence-corrected chi connectivity index (χ0v) is 15.1. The highest BCUT2D eigenvalue weighted by Gasteiger charge is 2.14. The van der Waals surface area contributed by atoms with Gasteiger partial charge < -0.3 is 9.47 Å². The van der Waals surface area contributed by atoms with Gasteiger partial charge in [0.2, 0.25) is 0 Å². The number of carbonyl (C=O) groups excluding carboxylic acids is 1. The molecule has 1 N–H and O–H groups in total. The third-order valence-corrected chi connectivity index (χ3v) is 3.20. The first kappa shape index (κ1) is 18.5. The Morgan fingerprint density at radius 3 is 2.20 bits per heavy atom. The van der Waals surface area contributed by atoms with Crippen LogP contribution < -0.4 is 14.8 Å². The highest BCUT2D eigenvalue weighted by Crippen LogP contribution is 2.14. The van der Waals surface area contributed by atoms with Crippen molar-refractivity contribution in [3.8, 4) is 11.5 Å². The van der Waals surface area contributed by atoms with Crippen LogP contribution in [0.4, 0.5) is 4.79 Å². The smallest absolute Gasteiger partial charge is 0.418 e. The summed E-state index contributed by atoms with van der Waals surface area (Å²) in [6.45, 7) is 5.93. The van der Waals surface area contributed by atoms with Gasteiger partial charge in [-0.15, -0.1) is 0 Å². The molecule has 0 saturated heterocycles. The highest BCUT2D eigenvalue weighted by molar-refractivity contribution is 5.97. The first-order chi connectivity index (χ1) is 11.9. The lowest BCUT2D eigenvalue weighted by atomic mass is 10.1. The van der Waals surface area contributed by atoms with E-state index in [4.69, 9.17) is 9.47 Å². The Morgan fingerprint density at radius 1 is 1.00 bits per heavy atom. The largest absolute Gasteiger partial charge is 0.497 e. The molecule has 0 aromatic heterocycles. The number of nitrogens with one attached hydrogen (secondary N) is 1. The van der Waals surface area contributed by atoms with Crippen LogP contribution in [0.5, 0.6) is 11.5 Å². The van der Waals surface area contributed by atoms with Gasteiger partial charge in [-0.2, -0.15) is 0 Å². The van der Waals surface area contributed by atoms with Gasteiger partial charge in [0.15, 0.2) is 0 Å². The number of rotatable bonds is 4. The molecule has 2 aromatic rings. The number of hydrogen-bond donors (Lipinski definition) is 1. The van der Waals surface area contributed by atoms with Crippen molar-refractivity contribution in [3.63, 3.8) is 0 Å². The summed E-state index contributed by atoms with van der Waals surface area (Å²) in [6, 6.07) is 16.6. The van der Waals surface area contributed by atoms with Crippen LogP contribution in [-0.4, -0.2) is 24.6 Å². The number of hydrogen-bond acceptors (Lipinski definition) is 4. The molecule has 0 heterocycles. The Labute approximate surface area is 148 Å². The lowest BCUT2D eigenvalue weighted by molar-refractivity contribution is 0.206. The topological polar surface area (TPSA) is 59.9 Å². The molecule has 0 aliphatic heterocycles. The highest BCUT2D eigenvalue weighted by atomic mass is 16.6. The van der Waals surface area contributed by atoms with E-state index >= 15 is 0 Å². The van der Waals surface area contributed by atoms with Crippen molar-refractivity contribution in [2.75, 3.05) is 7.11 Å². The number of carbonyl (C=O) groups is 1. The van der Waals surface area contributed by atoms with Crippen molar-refractivity contribution < 1.29 is 14.3 Å². The Balaban J connectivity index is 2.10. The van der Waals surface area contributed by atoms with Gasteiger partial charge in [0, 0.05) is 6.42 Å². The van der Waals surface area contributed by atoms with Crippen LogP contribution in [0.3, 0.4) is 0 Å². The van der Waals surface area contributed by atoms with Crippen LogP contribution in [0.15, 0.2) is 59.6 Å². The monoisotopic (exact) mass is 340 g/mol. The maximum absolute atomic E-state index is 12.2. The summed E-state index contributed by atoms with van der Waals surface area (Å²) >= 11 is 0. The summed E-state index contributed by atoms with van der Waals surface area (Å²) in [6.07, 6.45) is -0.0618. The predicted octanol–water partition coefficient (Wildman–Crippen LogP) is 4.22. The van der Waals surface area contributed by atoms with Crippen molar-refractivity contribution in [2.45, 2.75) is 32.7 Å². The number of benzene rings is 2. The second-order valence-corrected chi connectivity index (χ2v) is 6.58. The second kappa shape index (κ2) is 8.33. The van der Waals surface area contributed by atoms with E-state index in [1.165, 1.54) is 0 Å². The molecule has 5 nitrogen and oxygen atoms in total. The Kier molecular flexibility index (Phi) is 6.17. The molecule has 0 spiro atoms. The van der Waals surface area contributed by atoms with Crippen molar-refractivity contribution in [1.82, 2.24) is 5.32 Å². The summed E-state index contributed by atoms with van der Waals surface area (Å²) in [7, 11) is 1.63. The summed E-state index contributed by atoms with van der Waals surface area (Å²) in [5, 5.41) is 2.76. The first-order valence-electron chi connectivity index (χ1n) is 8.11. The van der Waals surface area contributed by atoms with Gasteiger partial charge in [-0.1, -0.05) is 30.3 Å². The molecule has 5 heteroatoms. The molecule has 1 amide bonds. The van der Waals surface area contributed by atoms with Crippen LogP contribution in [0.2, 0.25) is 0 Å². The van der Waals surface area contributed by atoms with E-state index in [1.807, 2.05) is 63.2 Å². The maximum atomic E-state index is 12.2. The molecular weight excluding hydrogens is 316 g/mol. The SMILES string of the molecule is COc1ccc(CC(=NC(C)(C)C)NC(=O)Oc2ccccc2)cc1. The quantitative estimate of drug-likeness (QED) is 0.669. The summed E-state index contributed by atoms with van der Waals surface area (Å²) in [4.78, 5) is 16.8. The van der Waals surface area contributed by atoms with Crippen molar-refractivity contribution in [3.05, 3.63) is 60.2 Å². The number of para-hydroxylation sites is 1. The predicted molar refractivity (Wildman–Crippen MR) is 99.5 cm³/mol. The fraction of sp³-hybridized carbons (Fsp3) is 0.300. The van der Waals surface area contributed by atoms with Gasteiger partial charge in [0.25, 0.3) is 0 Å². The molecule has 0 bridgehead atoms. The van der Waals surface area contributed by atoms with E-state index in [0.29, 0.717) is 18.0 Å². The number of aliphatic imine (C=N–C) groups is 1. The van der Waals surface area contributed by atoms with E-state index in [0.717, 1.165) is 11.3 Å². The number of nitrogens with zero attached hydrogens (tertiary/aromatic N) is 1. The average molecular weight is 340 g/mol. The first-order valence-corrected chi connectivity index (χ1v) is 8.11. The van der Waals surface area contributed by atoms with E-state index < -0.39 is 6.09 Å². The Hall–Kier alpha value is -2.82. The van der Waals surface area contributed by atoms with Crippen molar-refractivity contribution in [1.29, 1.82) is 0 Å². The average Bonchev–Trinajstić information content (AvgIpc) is 2.54. The minimum Gasteiger partial charge on any atom is -0.497 e. The summed E-state index contributed by atoms with van der Waals surface area (Å²) in [5.74, 6) is 1.83. The number of amidine groups is 1. The lowest BCUT2D eigenvalue weighted by Gasteiger charge is -2.17. The molecule has 2 rings (SSSR count). The molecule has 2 aromatic carbocycles. The molecule has 0 fully saturated rings. The third kappa shape index (κ3) is 6.67. The second-order valence-electron chi connectivity index (χ2n) is 6.58. The fourth-order valence-electron chi connectivity index (χ4n) is 2.19. The van der Waals surface area contributed by atoms with Crippen molar-refractivity contribution in [2.24, 2.45) is 4.99 Å². The van der Waals surface area contributed by atoms with Gasteiger partial charge in [0.05, 0.1) is 12.6 Å². The molecule has 132 valence electrons. The van der Waals surface area contributed by atoms with Gasteiger partial charge in [0.1, 0.15) is 17.3 Å². The maximum Gasteiger partial charge on any atom is 0.418 e. The van der Waals surface area contributed by atoms with Gasteiger partial charge >= 0.3 is 6.09 Å². The van der Waals surface area contributed by atoms with E-state index in [-0.39, 0.29) is 5.54 Å². The normalized spacial score (nSPS) is 11.8. The summed E-state index contributed by atoms with van der Waals surface area (Å²) in [5.41, 5.74) is 0.700. The van der Waals surface area contributed by atoms with E-state index in [9.17, 15) is 4.79 Å². The zero-order valence-electron chi connectivity index (χ0n) is 15.1. The molecule has 0 aliphatic rings. The minimum atomic E-state index is -0.553.